The molecule has 165 valence electrons. The zero-order valence-electron chi connectivity index (χ0n) is 16.3. The number of rotatable bonds is 5. The molecule has 2 amide bonds. The van der Waals surface area contributed by atoms with Gasteiger partial charge in [0, 0.05) is 37.7 Å². The van der Waals surface area contributed by atoms with Crippen LogP contribution in [0.3, 0.4) is 0 Å². The van der Waals surface area contributed by atoms with Crippen molar-refractivity contribution in [2.24, 2.45) is 5.73 Å². The van der Waals surface area contributed by atoms with Gasteiger partial charge in [-0.3, -0.25) is 14.6 Å². The summed E-state index contributed by atoms with van der Waals surface area (Å²) in [5, 5.41) is -0.244. The number of aromatic nitrogens is 1. The van der Waals surface area contributed by atoms with Gasteiger partial charge in [0.25, 0.3) is 0 Å². The molecular formula is C20H20ClF3N5O2. The Bertz CT molecular complexity index is 971. The van der Waals surface area contributed by atoms with Gasteiger partial charge in [0.15, 0.2) is 0 Å². The van der Waals surface area contributed by atoms with Gasteiger partial charge in [-0.05, 0) is 36.2 Å². The number of nitrogen functional groups attached to an aromatic ring is 1. The second kappa shape index (κ2) is 9.01. The Hall–Kier alpha value is -3.01. The predicted octanol–water partition coefficient (Wildman–Crippen LogP) is 2.29. The van der Waals surface area contributed by atoms with Crippen LogP contribution in [0.4, 0.5) is 24.5 Å². The molecule has 0 spiro atoms. The highest BCUT2D eigenvalue weighted by atomic mass is 35.5. The summed E-state index contributed by atoms with van der Waals surface area (Å²) in [5.41, 5.74) is 10.3. The van der Waals surface area contributed by atoms with Crippen LogP contribution in [0.5, 0.6) is 0 Å². The van der Waals surface area contributed by atoms with E-state index in [1.807, 2.05) is 4.90 Å². The number of pyridine rings is 1. The molecule has 1 radical (unpaired) electrons. The molecule has 1 aromatic carbocycles. The quantitative estimate of drug-likeness (QED) is 0.674. The van der Waals surface area contributed by atoms with E-state index >= 15 is 0 Å². The molecule has 1 aliphatic heterocycles. The Morgan fingerprint density at radius 2 is 1.90 bits per heavy atom. The summed E-state index contributed by atoms with van der Waals surface area (Å²) >= 11 is 5.82. The van der Waals surface area contributed by atoms with Crippen LogP contribution in [0, 0.1) is 6.42 Å². The second-order valence-corrected chi connectivity index (χ2v) is 7.45. The van der Waals surface area contributed by atoms with Crippen molar-refractivity contribution in [2.45, 2.75) is 18.6 Å². The van der Waals surface area contributed by atoms with Crippen molar-refractivity contribution in [3.05, 3.63) is 59.2 Å². The number of halogens is 4. The first-order chi connectivity index (χ1) is 14.6. The number of carbonyl (C=O) groups is 2. The summed E-state index contributed by atoms with van der Waals surface area (Å²) in [5.74, 6) is -1.17. The van der Waals surface area contributed by atoms with E-state index in [4.69, 9.17) is 23.1 Å². The molecule has 4 N–H and O–H groups in total. The minimum atomic E-state index is -4.67. The van der Waals surface area contributed by atoms with Gasteiger partial charge in [0.2, 0.25) is 11.8 Å². The number of primary amides is 1. The Morgan fingerprint density at radius 3 is 2.52 bits per heavy atom. The van der Waals surface area contributed by atoms with Crippen molar-refractivity contribution in [2.75, 3.05) is 30.3 Å². The zero-order valence-corrected chi connectivity index (χ0v) is 17.0. The van der Waals surface area contributed by atoms with Crippen molar-refractivity contribution in [3.63, 3.8) is 0 Å². The molecule has 1 aromatic heterocycles. The Kier molecular flexibility index (Phi) is 6.59. The molecular weight excluding hydrogens is 435 g/mol. The number of nitrogens with zero attached hydrogens (tertiary/aromatic N) is 3. The fraction of sp³-hybridized carbons (Fsp3) is 0.300. The van der Waals surface area contributed by atoms with Crippen molar-refractivity contribution >= 4 is 34.8 Å². The van der Waals surface area contributed by atoms with Gasteiger partial charge in [-0.15, -0.1) is 0 Å². The summed E-state index contributed by atoms with van der Waals surface area (Å²) in [6, 6.07) is 4.82. The first-order valence-corrected chi connectivity index (χ1v) is 9.69. The maximum absolute atomic E-state index is 13.1. The molecule has 0 bridgehead atoms. The lowest BCUT2D eigenvalue weighted by Crippen LogP contribution is -2.60. The fourth-order valence-electron chi connectivity index (χ4n) is 3.43. The lowest BCUT2D eigenvalue weighted by atomic mass is 10.0. The number of alkyl halides is 3. The molecule has 0 saturated carbocycles. The lowest BCUT2D eigenvalue weighted by molar-refractivity contribution is -0.137. The largest absolute Gasteiger partial charge is 0.418 e. The molecule has 7 nitrogen and oxygen atoms in total. The fourth-order valence-corrected chi connectivity index (χ4v) is 3.67. The molecule has 31 heavy (non-hydrogen) atoms. The molecule has 11 heteroatoms. The van der Waals surface area contributed by atoms with Crippen LogP contribution in [0.25, 0.3) is 0 Å². The minimum Gasteiger partial charge on any atom is -0.397 e. The lowest BCUT2D eigenvalue weighted by Gasteiger charge is -2.41. The molecule has 1 saturated heterocycles. The monoisotopic (exact) mass is 454 g/mol. The summed E-state index contributed by atoms with van der Waals surface area (Å²) in [4.78, 5) is 31.9. The molecule has 1 atom stereocenters. The van der Waals surface area contributed by atoms with Crippen molar-refractivity contribution < 1.29 is 22.8 Å². The maximum Gasteiger partial charge on any atom is 0.418 e. The van der Waals surface area contributed by atoms with E-state index in [-0.39, 0.29) is 30.1 Å². The van der Waals surface area contributed by atoms with E-state index in [9.17, 15) is 22.8 Å². The maximum atomic E-state index is 13.1. The van der Waals surface area contributed by atoms with Crippen LogP contribution in [-0.4, -0.2) is 47.4 Å². The number of amides is 2. The molecule has 2 aromatic rings. The third-order valence-electron chi connectivity index (χ3n) is 5.03. The Morgan fingerprint density at radius 1 is 1.23 bits per heavy atom. The van der Waals surface area contributed by atoms with Crippen molar-refractivity contribution in [1.29, 1.82) is 0 Å². The van der Waals surface area contributed by atoms with Gasteiger partial charge in [-0.1, -0.05) is 11.6 Å². The van der Waals surface area contributed by atoms with Gasteiger partial charge < -0.3 is 21.3 Å². The molecule has 3 rings (SSSR count). The standard InChI is InChI=1S/C20H20ClF3N5O2/c21-15-10-12(9-14(18(15)25)20(22,23)24)1-2-17(30)29-8-7-28(11-16(29)19(26)31)13-3-5-27-6-4-13/h2-6,9-10,16H,1,7-8,11,25H2,(H2,26,31)/t16-/m1/s1. The van der Waals surface area contributed by atoms with Crippen LogP contribution in [0.2, 0.25) is 5.02 Å². The summed E-state index contributed by atoms with van der Waals surface area (Å²) in [6.45, 7) is 0.881. The number of carbonyl (C=O) groups excluding carboxylic acids is 2. The normalized spacial score (nSPS) is 17.0. The summed E-state index contributed by atoms with van der Waals surface area (Å²) < 4.78 is 39.4. The SMILES string of the molecule is NC(=O)[C@H]1CN(c2ccncc2)CCN1C(=O)[CH]Cc1cc(Cl)c(N)c(C(F)(F)F)c1. The van der Waals surface area contributed by atoms with Crippen LogP contribution in [-0.2, 0) is 22.2 Å². The second-order valence-electron chi connectivity index (χ2n) is 7.05. The Balaban J connectivity index is 1.70. The van der Waals surface area contributed by atoms with Crippen LogP contribution < -0.4 is 16.4 Å². The molecule has 2 heterocycles. The molecule has 1 aliphatic rings. The highest BCUT2D eigenvalue weighted by Crippen LogP contribution is 2.38. The average molecular weight is 455 g/mol. The van der Waals surface area contributed by atoms with Gasteiger partial charge in [-0.25, -0.2) is 0 Å². The van der Waals surface area contributed by atoms with E-state index in [0.717, 1.165) is 11.8 Å². The van der Waals surface area contributed by atoms with Crippen molar-refractivity contribution in [1.82, 2.24) is 9.88 Å². The molecule has 1 fully saturated rings. The summed E-state index contributed by atoms with van der Waals surface area (Å²) in [7, 11) is 0. The van der Waals surface area contributed by atoms with Gasteiger partial charge in [-0.2, -0.15) is 13.2 Å². The topological polar surface area (TPSA) is 106 Å². The van der Waals surface area contributed by atoms with Gasteiger partial charge in [0.1, 0.15) is 6.04 Å². The summed E-state index contributed by atoms with van der Waals surface area (Å²) in [6.07, 6.45) is -0.341. The van der Waals surface area contributed by atoms with Crippen LogP contribution >= 0.6 is 11.6 Å². The highest BCUT2D eigenvalue weighted by Gasteiger charge is 2.36. The molecule has 0 aliphatic carbocycles. The first-order valence-electron chi connectivity index (χ1n) is 9.31. The van der Waals surface area contributed by atoms with E-state index in [1.165, 1.54) is 17.4 Å². The number of hydrogen-bond donors (Lipinski definition) is 2. The zero-order chi connectivity index (χ0) is 22.8. The smallest absolute Gasteiger partial charge is 0.397 e. The first kappa shape index (κ1) is 22.7. The Labute approximate surface area is 181 Å². The average Bonchev–Trinajstić information content (AvgIpc) is 2.73. The van der Waals surface area contributed by atoms with Crippen molar-refractivity contribution in [3.8, 4) is 0 Å². The number of nitrogens with two attached hydrogens (primary N) is 2. The van der Waals surface area contributed by atoms with Gasteiger partial charge in [0.05, 0.1) is 22.7 Å². The molecule has 0 unspecified atom stereocenters. The number of anilines is 2. The highest BCUT2D eigenvalue weighted by molar-refractivity contribution is 6.33. The van der Waals surface area contributed by atoms with Crippen LogP contribution in [0.1, 0.15) is 11.1 Å². The third-order valence-corrected chi connectivity index (χ3v) is 5.34. The van der Waals surface area contributed by atoms with E-state index < -0.39 is 35.3 Å². The third kappa shape index (κ3) is 5.19. The van der Waals surface area contributed by atoms with E-state index in [1.54, 1.807) is 24.5 Å². The number of piperazine rings is 1. The predicted molar refractivity (Wildman–Crippen MR) is 110 cm³/mol. The van der Waals surface area contributed by atoms with Gasteiger partial charge >= 0.3 is 6.18 Å². The van der Waals surface area contributed by atoms with E-state index in [2.05, 4.69) is 4.98 Å². The minimum absolute atomic E-state index is 0.113. The van der Waals surface area contributed by atoms with Crippen LogP contribution in [0.15, 0.2) is 36.7 Å². The van der Waals surface area contributed by atoms with E-state index in [0.29, 0.717) is 6.54 Å². The number of hydrogen-bond acceptors (Lipinski definition) is 5. The number of benzene rings is 1.